The Morgan fingerprint density at radius 1 is 1.38 bits per heavy atom. The van der Waals surface area contributed by atoms with Gasteiger partial charge in [0, 0.05) is 5.56 Å². The maximum Gasteiger partial charge on any atom is 0.172 e. The summed E-state index contributed by atoms with van der Waals surface area (Å²) >= 11 is 1.53. The van der Waals surface area contributed by atoms with Gasteiger partial charge in [-0.3, -0.25) is 4.79 Å². The molecule has 2 nitrogen and oxygen atoms in total. The number of ketones is 1. The number of methoxy groups -OCH3 is 1. The van der Waals surface area contributed by atoms with Crippen LogP contribution >= 0.6 is 11.8 Å². The van der Waals surface area contributed by atoms with Crippen LogP contribution in [0.1, 0.15) is 10.4 Å². The number of hydrogen-bond donors (Lipinski definition) is 0. The van der Waals surface area contributed by atoms with Gasteiger partial charge in [-0.05, 0) is 30.5 Å². The predicted molar refractivity (Wildman–Crippen MR) is 55.7 cm³/mol. The minimum absolute atomic E-state index is 0.162. The van der Waals surface area contributed by atoms with E-state index in [1.165, 1.54) is 11.8 Å². The Morgan fingerprint density at radius 2 is 2.00 bits per heavy atom. The minimum atomic E-state index is 0.162. The van der Waals surface area contributed by atoms with Gasteiger partial charge in [-0.25, -0.2) is 0 Å². The molecule has 0 fully saturated rings. The molecule has 0 aliphatic carbocycles. The summed E-state index contributed by atoms with van der Waals surface area (Å²) in [5.41, 5.74) is 0.746. The number of hydrogen-bond acceptors (Lipinski definition) is 3. The van der Waals surface area contributed by atoms with Crippen LogP contribution in [-0.4, -0.2) is 24.9 Å². The maximum absolute atomic E-state index is 11.4. The van der Waals surface area contributed by atoms with Crippen molar-refractivity contribution in [3.05, 3.63) is 29.8 Å². The lowest BCUT2D eigenvalue weighted by Gasteiger charge is -2.01. The smallest absolute Gasteiger partial charge is 0.172 e. The summed E-state index contributed by atoms with van der Waals surface area (Å²) in [5.74, 6) is 1.47. The molecule has 0 radical (unpaired) electrons. The van der Waals surface area contributed by atoms with Gasteiger partial charge in [0.15, 0.2) is 5.78 Å². The van der Waals surface area contributed by atoms with Gasteiger partial charge in [-0.2, -0.15) is 11.8 Å². The predicted octanol–water partition coefficient (Wildman–Crippen LogP) is 2.24. The third-order valence-corrected chi connectivity index (χ3v) is 2.24. The van der Waals surface area contributed by atoms with Crippen molar-refractivity contribution in [2.45, 2.75) is 0 Å². The van der Waals surface area contributed by atoms with E-state index in [0.717, 1.165) is 11.3 Å². The van der Waals surface area contributed by atoms with Crippen LogP contribution in [0.5, 0.6) is 5.75 Å². The topological polar surface area (TPSA) is 26.3 Å². The third kappa shape index (κ3) is 2.77. The zero-order chi connectivity index (χ0) is 9.68. The van der Waals surface area contributed by atoms with Gasteiger partial charge in [0.1, 0.15) is 5.75 Å². The maximum atomic E-state index is 11.4. The molecule has 0 saturated carbocycles. The van der Waals surface area contributed by atoms with Crippen molar-refractivity contribution in [2.24, 2.45) is 0 Å². The summed E-state index contributed by atoms with van der Waals surface area (Å²) in [4.78, 5) is 11.4. The monoisotopic (exact) mass is 196 g/mol. The van der Waals surface area contributed by atoms with Crippen molar-refractivity contribution in [3.8, 4) is 5.75 Å². The molecule has 0 aromatic heterocycles. The second-order valence-corrected chi connectivity index (χ2v) is 3.45. The van der Waals surface area contributed by atoms with Crippen molar-refractivity contribution < 1.29 is 9.53 Å². The van der Waals surface area contributed by atoms with E-state index in [9.17, 15) is 4.79 Å². The van der Waals surface area contributed by atoms with E-state index in [-0.39, 0.29) is 5.78 Å². The van der Waals surface area contributed by atoms with E-state index < -0.39 is 0 Å². The molecule has 0 atom stereocenters. The Balaban J connectivity index is 2.74. The first kappa shape index (κ1) is 10.1. The van der Waals surface area contributed by atoms with Gasteiger partial charge < -0.3 is 4.74 Å². The molecule has 1 aromatic rings. The highest BCUT2D eigenvalue weighted by Crippen LogP contribution is 2.12. The van der Waals surface area contributed by atoms with Crippen LogP contribution in [-0.2, 0) is 0 Å². The first-order valence-corrected chi connectivity index (χ1v) is 5.33. The SMILES string of the molecule is COc1ccc(C(=O)CSC)cc1. The molecule has 0 saturated heterocycles. The first-order chi connectivity index (χ1) is 6.27. The highest BCUT2D eigenvalue weighted by Gasteiger charge is 2.03. The minimum Gasteiger partial charge on any atom is -0.497 e. The van der Waals surface area contributed by atoms with Gasteiger partial charge >= 0.3 is 0 Å². The molecule has 0 spiro atoms. The molecule has 0 aliphatic rings. The van der Waals surface area contributed by atoms with E-state index in [1.807, 2.05) is 6.26 Å². The molecule has 0 heterocycles. The molecule has 70 valence electrons. The molecule has 1 aromatic carbocycles. The van der Waals surface area contributed by atoms with E-state index >= 15 is 0 Å². The number of rotatable bonds is 4. The molecule has 0 amide bonds. The van der Waals surface area contributed by atoms with Gasteiger partial charge in [0.25, 0.3) is 0 Å². The van der Waals surface area contributed by atoms with Crippen molar-refractivity contribution >= 4 is 17.5 Å². The van der Waals surface area contributed by atoms with E-state index in [4.69, 9.17) is 4.74 Å². The van der Waals surface area contributed by atoms with Crippen LogP contribution in [0.2, 0.25) is 0 Å². The molecule has 3 heteroatoms. The molecule has 1 rings (SSSR count). The van der Waals surface area contributed by atoms with Crippen molar-refractivity contribution in [2.75, 3.05) is 19.1 Å². The Labute approximate surface area is 82.3 Å². The fourth-order valence-corrected chi connectivity index (χ4v) is 1.42. The molecule has 0 N–H and O–H groups in total. The summed E-state index contributed by atoms with van der Waals surface area (Å²) in [6.07, 6.45) is 1.92. The van der Waals surface area contributed by atoms with Gasteiger partial charge in [-0.1, -0.05) is 0 Å². The van der Waals surface area contributed by atoms with Crippen LogP contribution in [0.25, 0.3) is 0 Å². The van der Waals surface area contributed by atoms with Crippen molar-refractivity contribution in [1.29, 1.82) is 0 Å². The molecular weight excluding hydrogens is 184 g/mol. The second kappa shape index (κ2) is 4.92. The lowest BCUT2D eigenvalue weighted by atomic mass is 10.1. The Hall–Kier alpha value is -0.960. The van der Waals surface area contributed by atoms with Gasteiger partial charge in [0.05, 0.1) is 12.9 Å². The highest BCUT2D eigenvalue weighted by atomic mass is 32.2. The fourth-order valence-electron chi connectivity index (χ4n) is 0.991. The molecule has 13 heavy (non-hydrogen) atoms. The number of thioether (sulfide) groups is 1. The van der Waals surface area contributed by atoms with Crippen LogP contribution in [0.4, 0.5) is 0 Å². The third-order valence-electron chi connectivity index (χ3n) is 1.69. The average Bonchev–Trinajstić information content (AvgIpc) is 2.18. The normalized spacial score (nSPS) is 9.69. The Kier molecular flexibility index (Phi) is 3.83. The quantitative estimate of drug-likeness (QED) is 0.691. The highest BCUT2D eigenvalue weighted by molar-refractivity contribution is 7.99. The zero-order valence-electron chi connectivity index (χ0n) is 7.74. The zero-order valence-corrected chi connectivity index (χ0v) is 8.56. The van der Waals surface area contributed by atoms with Crippen molar-refractivity contribution in [1.82, 2.24) is 0 Å². The number of carbonyl (C=O) groups excluding carboxylic acids is 1. The number of benzene rings is 1. The van der Waals surface area contributed by atoms with Crippen molar-refractivity contribution in [3.63, 3.8) is 0 Å². The van der Waals surface area contributed by atoms with Crippen LogP contribution in [0.3, 0.4) is 0 Å². The summed E-state index contributed by atoms with van der Waals surface area (Å²) in [5, 5.41) is 0. The van der Waals surface area contributed by atoms with Crippen LogP contribution in [0, 0.1) is 0 Å². The Morgan fingerprint density at radius 3 is 2.46 bits per heavy atom. The van der Waals surface area contributed by atoms with Crippen LogP contribution < -0.4 is 4.74 Å². The summed E-state index contributed by atoms with van der Waals surface area (Å²) in [6.45, 7) is 0. The number of Topliss-reactive ketones (excluding diaryl/α,β-unsaturated/α-hetero) is 1. The van der Waals surface area contributed by atoms with E-state index in [0.29, 0.717) is 5.75 Å². The molecule has 0 unspecified atom stereocenters. The standard InChI is InChI=1S/C10H12O2S/c1-12-9-5-3-8(4-6-9)10(11)7-13-2/h3-6H,7H2,1-2H3. The summed E-state index contributed by atoms with van der Waals surface area (Å²) in [6, 6.07) is 7.18. The number of carbonyl (C=O) groups is 1. The Bertz CT molecular complexity index is 279. The fraction of sp³-hybridized carbons (Fsp3) is 0.300. The lowest BCUT2D eigenvalue weighted by Crippen LogP contribution is -2.01. The van der Waals surface area contributed by atoms with E-state index in [1.54, 1.807) is 31.4 Å². The lowest BCUT2D eigenvalue weighted by molar-refractivity contribution is 0.102. The molecular formula is C10H12O2S. The average molecular weight is 196 g/mol. The van der Waals surface area contributed by atoms with E-state index in [2.05, 4.69) is 0 Å². The summed E-state index contributed by atoms with van der Waals surface area (Å²) < 4.78 is 4.99. The van der Waals surface area contributed by atoms with Gasteiger partial charge in [-0.15, -0.1) is 0 Å². The second-order valence-electron chi connectivity index (χ2n) is 2.58. The number of ether oxygens (including phenoxy) is 1. The molecule has 0 aliphatic heterocycles. The summed E-state index contributed by atoms with van der Waals surface area (Å²) in [7, 11) is 1.61. The molecule has 0 bridgehead atoms. The van der Waals surface area contributed by atoms with Crippen LogP contribution in [0.15, 0.2) is 24.3 Å². The van der Waals surface area contributed by atoms with Gasteiger partial charge in [0.2, 0.25) is 0 Å². The largest absolute Gasteiger partial charge is 0.497 e. The first-order valence-electron chi connectivity index (χ1n) is 3.94.